The minimum Gasteiger partial charge on any atom is -0.478 e. The molecule has 0 aliphatic rings. The molecule has 0 saturated heterocycles. The van der Waals surface area contributed by atoms with Crippen molar-refractivity contribution in [3.63, 3.8) is 0 Å². The van der Waals surface area contributed by atoms with Gasteiger partial charge in [-0.2, -0.15) is 5.10 Å². The molecule has 6 heteroatoms. The molecule has 6 nitrogen and oxygen atoms in total. The summed E-state index contributed by atoms with van der Waals surface area (Å²) in [5.41, 5.74) is 4.14. The highest BCUT2D eigenvalue weighted by Gasteiger charge is 2.16. The number of nitrogens with zero attached hydrogens (tertiary/aromatic N) is 4. The van der Waals surface area contributed by atoms with Gasteiger partial charge in [-0.25, -0.2) is 14.5 Å². The number of fused-ring (bicyclic) bond motifs is 1. The van der Waals surface area contributed by atoms with Gasteiger partial charge in [0.15, 0.2) is 11.5 Å². The Morgan fingerprint density at radius 3 is 2.46 bits per heavy atom. The first-order valence-corrected chi connectivity index (χ1v) is 8.33. The molecule has 4 rings (SSSR count). The van der Waals surface area contributed by atoms with Gasteiger partial charge >= 0.3 is 5.97 Å². The normalized spacial score (nSPS) is 11.2. The molecule has 0 fully saturated rings. The van der Waals surface area contributed by atoms with Crippen LogP contribution in [0.3, 0.4) is 0 Å². The molecule has 0 bridgehead atoms. The van der Waals surface area contributed by atoms with E-state index in [1.807, 2.05) is 52.8 Å². The smallest absolute Gasteiger partial charge is 0.335 e. The maximum Gasteiger partial charge on any atom is 0.335 e. The van der Waals surface area contributed by atoms with Crippen LogP contribution in [0.15, 0.2) is 54.9 Å². The standard InChI is InChI=1S/C20H18N4O2/c1-13-11-14(2)21-18-17(13)19(23-9-3-4-10-23)22-24(18)12-15-5-7-16(8-6-15)20(25)26/h3-11H,12H2,1-2H3,(H,25,26). The monoisotopic (exact) mass is 346 g/mol. The van der Waals surface area contributed by atoms with E-state index in [2.05, 4.69) is 13.0 Å². The molecule has 0 amide bonds. The lowest BCUT2D eigenvalue weighted by molar-refractivity contribution is 0.0697. The Morgan fingerprint density at radius 1 is 1.12 bits per heavy atom. The Bertz CT molecular complexity index is 1090. The predicted octanol–water partition coefficient (Wildman–Crippen LogP) is 3.59. The number of pyridine rings is 1. The first-order chi connectivity index (χ1) is 12.5. The summed E-state index contributed by atoms with van der Waals surface area (Å²) in [6.45, 7) is 4.56. The lowest BCUT2D eigenvalue weighted by Gasteiger charge is -2.05. The number of rotatable bonds is 4. The number of hydrogen-bond donors (Lipinski definition) is 1. The van der Waals surface area contributed by atoms with Crippen molar-refractivity contribution in [2.24, 2.45) is 0 Å². The van der Waals surface area contributed by atoms with Gasteiger partial charge in [-0.15, -0.1) is 0 Å². The third-order valence-electron chi connectivity index (χ3n) is 4.39. The lowest BCUT2D eigenvalue weighted by atomic mass is 10.1. The molecular weight excluding hydrogens is 328 g/mol. The van der Waals surface area contributed by atoms with Crippen LogP contribution in [0.2, 0.25) is 0 Å². The molecule has 1 aromatic carbocycles. The zero-order chi connectivity index (χ0) is 18.3. The second-order valence-electron chi connectivity index (χ2n) is 6.35. The van der Waals surface area contributed by atoms with Gasteiger partial charge in [-0.3, -0.25) is 0 Å². The number of benzene rings is 1. The molecule has 0 spiro atoms. The van der Waals surface area contributed by atoms with Crippen LogP contribution in [0, 0.1) is 13.8 Å². The quantitative estimate of drug-likeness (QED) is 0.613. The number of carbonyl (C=O) groups is 1. The Balaban J connectivity index is 1.83. The van der Waals surface area contributed by atoms with Gasteiger partial charge in [0.05, 0.1) is 17.5 Å². The van der Waals surface area contributed by atoms with Crippen LogP contribution in [0.25, 0.3) is 16.9 Å². The summed E-state index contributed by atoms with van der Waals surface area (Å²) < 4.78 is 3.86. The van der Waals surface area contributed by atoms with Crippen LogP contribution in [0.5, 0.6) is 0 Å². The van der Waals surface area contributed by atoms with E-state index < -0.39 is 5.97 Å². The first kappa shape index (κ1) is 16.1. The van der Waals surface area contributed by atoms with Gasteiger partial charge in [-0.1, -0.05) is 12.1 Å². The fourth-order valence-corrected chi connectivity index (χ4v) is 3.18. The molecule has 0 radical (unpaired) electrons. The average Bonchev–Trinajstić information content (AvgIpc) is 3.24. The van der Waals surface area contributed by atoms with Crippen LogP contribution in [0.4, 0.5) is 0 Å². The SMILES string of the molecule is Cc1cc(C)c2c(-n3cccc3)nn(Cc3ccc(C(=O)O)cc3)c2n1. The number of aromatic nitrogens is 4. The van der Waals surface area contributed by atoms with Crippen LogP contribution < -0.4 is 0 Å². The summed E-state index contributed by atoms with van der Waals surface area (Å²) in [6.07, 6.45) is 3.93. The molecule has 26 heavy (non-hydrogen) atoms. The number of carboxylic acids is 1. The molecule has 130 valence electrons. The summed E-state index contributed by atoms with van der Waals surface area (Å²) in [6, 6.07) is 12.8. The van der Waals surface area contributed by atoms with Crippen LogP contribution in [-0.2, 0) is 6.54 Å². The highest BCUT2D eigenvalue weighted by molar-refractivity contribution is 5.88. The number of carboxylic acid groups (broad SMARTS) is 1. The van der Waals surface area contributed by atoms with Crippen molar-refractivity contribution in [1.82, 2.24) is 19.3 Å². The van der Waals surface area contributed by atoms with Crippen molar-refractivity contribution in [3.8, 4) is 5.82 Å². The minimum absolute atomic E-state index is 0.275. The minimum atomic E-state index is -0.927. The molecule has 0 aliphatic carbocycles. The molecule has 4 aromatic rings. The van der Waals surface area contributed by atoms with Crippen molar-refractivity contribution in [2.75, 3.05) is 0 Å². The second kappa shape index (κ2) is 6.15. The summed E-state index contributed by atoms with van der Waals surface area (Å²) in [5.74, 6) is -0.0824. The van der Waals surface area contributed by atoms with E-state index in [4.69, 9.17) is 15.2 Å². The molecule has 3 heterocycles. The fraction of sp³-hybridized carbons (Fsp3) is 0.150. The van der Waals surface area contributed by atoms with E-state index >= 15 is 0 Å². The van der Waals surface area contributed by atoms with E-state index in [1.165, 1.54) is 0 Å². The molecule has 3 aromatic heterocycles. The molecule has 1 N–H and O–H groups in total. The highest BCUT2D eigenvalue weighted by Crippen LogP contribution is 2.25. The van der Waals surface area contributed by atoms with Gasteiger partial charge < -0.3 is 9.67 Å². The maximum atomic E-state index is 11.0. The van der Waals surface area contributed by atoms with Crippen LogP contribution in [-0.4, -0.2) is 30.4 Å². The topological polar surface area (TPSA) is 72.9 Å². The van der Waals surface area contributed by atoms with E-state index in [0.717, 1.165) is 33.7 Å². The fourth-order valence-electron chi connectivity index (χ4n) is 3.18. The number of aromatic carboxylic acids is 1. The molecule has 0 atom stereocenters. The van der Waals surface area contributed by atoms with E-state index in [1.54, 1.807) is 12.1 Å². The number of hydrogen-bond acceptors (Lipinski definition) is 3. The van der Waals surface area contributed by atoms with Crippen LogP contribution >= 0.6 is 0 Å². The third-order valence-corrected chi connectivity index (χ3v) is 4.39. The Hall–Kier alpha value is -3.41. The lowest BCUT2D eigenvalue weighted by Crippen LogP contribution is -2.05. The van der Waals surface area contributed by atoms with Crippen molar-refractivity contribution >= 4 is 17.0 Å². The maximum absolute atomic E-state index is 11.0. The molecule has 0 aliphatic heterocycles. The van der Waals surface area contributed by atoms with Gasteiger partial charge in [-0.05, 0) is 55.3 Å². The molecule has 0 saturated carbocycles. The summed E-state index contributed by atoms with van der Waals surface area (Å²) in [4.78, 5) is 15.7. The Kier molecular flexibility index (Phi) is 3.80. The second-order valence-corrected chi connectivity index (χ2v) is 6.35. The third kappa shape index (κ3) is 2.75. The van der Waals surface area contributed by atoms with E-state index in [-0.39, 0.29) is 5.56 Å². The molecule has 0 unspecified atom stereocenters. The summed E-state index contributed by atoms with van der Waals surface area (Å²) >= 11 is 0. The van der Waals surface area contributed by atoms with Gasteiger partial charge in [0.25, 0.3) is 0 Å². The van der Waals surface area contributed by atoms with Crippen LogP contribution in [0.1, 0.15) is 27.2 Å². The largest absolute Gasteiger partial charge is 0.478 e. The van der Waals surface area contributed by atoms with Crippen molar-refractivity contribution in [3.05, 3.63) is 77.2 Å². The predicted molar refractivity (Wildman–Crippen MR) is 98.8 cm³/mol. The Morgan fingerprint density at radius 2 is 1.81 bits per heavy atom. The first-order valence-electron chi connectivity index (χ1n) is 8.33. The zero-order valence-corrected chi connectivity index (χ0v) is 14.5. The van der Waals surface area contributed by atoms with Gasteiger partial charge in [0.1, 0.15) is 0 Å². The summed E-state index contributed by atoms with van der Waals surface area (Å²) in [5, 5.41) is 14.9. The van der Waals surface area contributed by atoms with Gasteiger partial charge in [0.2, 0.25) is 0 Å². The van der Waals surface area contributed by atoms with Crippen molar-refractivity contribution < 1.29 is 9.90 Å². The summed E-state index contributed by atoms with van der Waals surface area (Å²) in [7, 11) is 0. The van der Waals surface area contributed by atoms with Gasteiger partial charge in [0, 0.05) is 18.1 Å². The highest BCUT2D eigenvalue weighted by atomic mass is 16.4. The zero-order valence-electron chi connectivity index (χ0n) is 14.5. The average molecular weight is 346 g/mol. The van der Waals surface area contributed by atoms with E-state index in [9.17, 15) is 4.79 Å². The molecular formula is C20H18N4O2. The van der Waals surface area contributed by atoms with Crippen molar-refractivity contribution in [2.45, 2.75) is 20.4 Å². The number of aryl methyl sites for hydroxylation is 2. The Labute approximate surface area is 150 Å². The van der Waals surface area contributed by atoms with Crippen molar-refractivity contribution in [1.29, 1.82) is 0 Å². The van der Waals surface area contributed by atoms with E-state index in [0.29, 0.717) is 6.54 Å².